The quantitative estimate of drug-likeness (QED) is 0.655. The van der Waals surface area contributed by atoms with Gasteiger partial charge >= 0.3 is 0 Å². The van der Waals surface area contributed by atoms with E-state index in [2.05, 4.69) is 28.2 Å². The van der Waals surface area contributed by atoms with Crippen LogP contribution in [0.1, 0.15) is 24.3 Å². The maximum absolute atomic E-state index is 10.3. The van der Waals surface area contributed by atoms with Gasteiger partial charge in [0.2, 0.25) is 0 Å². The molecule has 2 N–H and O–H groups in total. The first kappa shape index (κ1) is 18.8. The van der Waals surface area contributed by atoms with Crippen LogP contribution in [0.25, 0.3) is 10.9 Å². The summed E-state index contributed by atoms with van der Waals surface area (Å²) in [5.74, 6) is 2.23. The minimum atomic E-state index is -0.478. The van der Waals surface area contributed by atoms with Crippen LogP contribution < -0.4 is 9.47 Å². The smallest absolute Gasteiger partial charge is 0.119 e. The molecule has 2 aromatic carbocycles. The lowest BCUT2D eigenvalue weighted by molar-refractivity contribution is 0.0595. The van der Waals surface area contributed by atoms with Gasteiger partial charge in [0.25, 0.3) is 0 Å². The van der Waals surface area contributed by atoms with Gasteiger partial charge in [-0.15, -0.1) is 0 Å². The summed E-state index contributed by atoms with van der Waals surface area (Å²) in [5, 5.41) is 11.6. The lowest BCUT2D eigenvalue weighted by Gasteiger charge is -2.33. The Morgan fingerprint density at radius 2 is 1.89 bits per heavy atom. The van der Waals surface area contributed by atoms with E-state index in [0.717, 1.165) is 42.9 Å². The summed E-state index contributed by atoms with van der Waals surface area (Å²) < 4.78 is 11.1. The number of hydrogen-bond acceptors (Lipinski definition) is 4. The maximum Gasteiger partial charge on any atom is 0.119 e. The fourth-order valence-electron chi connectivity index (χ4n) is 4.07. The van der Waals surface area contributed by atoms with Crippen LogP contribution in [-0.4, -0.2) is 54.4 Å². The third-order valence-corrected chi connectivity index (χ3v) is 5.60. The molecular formula is C23H28N2O3. The van der Waals surface area contributed by atoms with Gasteiger partial charge in [0.15, 0.2) is 0 Å². The van der Waals surface area contributed by atoms with Crippen molar-refractivity contribution < 1.29 is 14.6 Å². The van der Waals surface area contributed by atoms with Gasteiger partial charge in [0, 0.05) is 23.6 Å². The fraction of sp³-hybridized carbons (Fsp3) is 0.391. The highest BCUT2D eigenvalue weighted by Gasteiger charge is 2.24. The van der Waals surface area contributed by atoms with Gasteiger partial charge in [0.1, 0.15) is 24.2 Å². The number of aliphatic hydroxyl groups excluding tert-OH is 1. The first-order chi connectivity index (χ1) is 13.7. The number of hydrogen-bond donors (Lipinski definition) is 2. The number of para-hydroxylation sites is 1. The average Bonchev–Trinajstić information content (AvgIpc) is 3.17. The second kappa shape index (κ2) is 8.67. The van der Waals surface area contributed by atoms with Gasteiger partial charge in [-0.05, 0) is 67.7 Å². The summed E-state index contributed by atoms with van der Waals surface area (Å²) in [6.45, 7) is 2.96. The molecule has 5 heteroatoms. The van der Waals surface area contributed by atoms with Crippen molar-refractivity contribution in [2.45, 2.75) is 24.9 Å². The molecule has 4 rings (SSSR count). The van der Waals surface area contributed by atoms with Crippen LogP contribution >= 0.6 is 0 Å². The molecule has 0 bridgehead atoms. The van der Waals surface area contributed by atoms with Gasteiger partial charge in [-0.1, -0.05) is 18.2 Å². The van der Waals surface area contributed by atoms with Gasteiger partial charge in [-0.2, -0.15) is 0 Å². The Morgan fingerprint density at radius 3 is 2.64 bits per heavy atom. The molecule has 0 unspecified atom stereocenters. The average molecular weight is 380 g/mol. The van der Waals surface area contributed by atoms with Crippen LogP contribution in [0.15, 0.2) is 54.7 Å². The van der Waals surface area contributed by atoms with E-state index in [0.29, 0.717) is 19.1 Å². The molecule has 0 radical (unpaired) electrons. The topological polar surface area (TPSA) is 57.7 Å². The molecule has 1 aliphatic rings. The second-order valence-corrected chi connectivity index (χ2v) is 7.51. The summed E-state index contributed by atoms with van der Waals surface area (Å²) in [6, 6.07) is 15.8. The van der Waals surface area contributed by atoms with Crippen molar-refractivity contribution in [2.24, 2.45) is 0 Å². The number of nitrogens with one attached hydrogen (secondary N) is 1. The van der Waals surface area contributed by atoms with E-state index in [4.69, 9.17) is 9.47 Å². The molecule has 0 aliphatic carbocycles. The molecule has 0 saturated carbocycles. The summed E-state index contributed by atoms with van der Waals surface area (Å²) >= 11 is 0. The Bertz CT molecular complexity index is 885. The lowest BCUT2D eigenvalue weighted by Crippen LogP contribution is -2.40. The standard InChI is InChI=1S/C23H28N2O3/c1-27-20-7-8-23-21(13-20)22(14-24-23)17-9-11-25(12-10-17)15-18(26)16-28-19-5-3-2-4-6-19/h2-8,13-14,17-18,24,26H,9-12,15-16H2,1H3/t18-/m1/s1. The van der Waals surface area contributed by atoms with Crippen molar-refractivity contribution in [3.63, 3.8) is 0 Å². The Labute approximate surface area is 165 Å². The van der Waals surface area contributed by atoms with Crippen LogP contribution in [0.4, 0.5) is 0 Å². The van der Waals surface area contributed by atoms with E-state index in [1.165, 1.54) is 10.9 Å². The summed E-state index contributed by atoms with van der Waals surface area (Å²) in [5.41, 5.74) is 2.54. The number of fused-ring (bicyclic) bond motifs is 1. The highest BCUT2D eigenvalue weighted by atomic mass is 16.5. The van der Waals surface area contributed by atoms with Crippen LogP contribution in [0.3, 0.4) is 0 Å². The SMILES string of the molecule is COc1ccc2[nH]cc(C3CCN(C[C@@H](O)COc4ccccc4)CC3)c2c1. The van der Waals surface area contributed by atoms with E-state index in [9.17, 15) is 5.11 Å². The van der Waals surface area contributed by atoms with Crippen molar-refractivity contribution in [1.29, 1.82) is 0 Å². The highest BCUT2D eigenvalue weighted by Crippen LogP contribution is 2.34. The lowest BCUT2D eigenvalue weighted by atomic mass is 9.89. The van der Waals surface area contributed by atoms with Gasteiger partial charge in [-0.25, -0.2) is 0 Å². The number of H-pyrrole nitrogens is 1. The van der Waals surface area contributed by atoms with Gasteiger partial charge < -0.3 is 24.5 Å². The number of aromatic amines is 1. The Morgan fingerprint density at radius 1 is 1.11 bits per heavy atom. The molecule has 1 aliphatic heterocycles. The van der Waals surface area contributed by atoms with Crippen molar-refractivity contribution in [3.05, 3.63) is 60.3 Å². The highest BCUT2D eigenvalue weighted by molar-refractivity contribution is 5.85. The van der Waals surface area contributed by atoms with Crippen molar-refractivity contribution in [1.82, 2.24) is 9.88 Å². The number of aliphatic hydroxyl groups is 1. The number of rotatable bonds is 7. The molecule has 28 heavy (non-hydrogen) atoms. The maximum atomic E-state index is 10.3. The van der Waals surface area contributed by atoms with Crippen molar-refractivity contribution in [3.8, 4) is 11.5 Å². The Hall–Kier alpha value is -2.50. The molecule has 0 spiro atoms. The Kier molecular flexibility index (Phi) is 5.84. The van der Waals surface area contributed by atoms with E-state index < -0.39 is 6.10 Å². The van der Waals surface area contributed by atoms with Crippen LogP contribution in [0.5, 0.6) is 11.5 Å². The largest absolute Gasteiger partial charge is 0.497 e. The molecule has 5 nitrogen and oxygen atoms in total. The molecule has 1 aromatic heterocycles. The van der Waals surface area contributed by atoms with E-state index in [1.807, 2.05) is 36.4 Å². The number of benzene rings is 2. The number of piperidine rings is 1. The molecule has 1 atom stereocenters. The number of β-amino-alcohol motifs (C(OH)–C–C–N with tert-alkyl or cyclic N) is 1. The number of nitrogens with zero attached hydrogens (tertiary/aromatic N) is 1. The molecule has 3 aromatic rings. The minimum Gasteiger partial charge on any atom is -0.497 e. The Balaban J connectivity index is 1.30. The second-order valence-electron chi connectivity index (χ2n) is 7.51. The van der Waals surface area contributed by atoms with Crippen molar-refractivity contribution in [2.75, 3.05) is 33.4 Å². The zero-order valence-electron chi connectivity index (χ0n) is 16.3. The molecule has 148 valence electrons. The van der Waals surface area contributed by atoms with E-state index in [1.54, 1.807) is 7.11 Å². The number of methoxy groups -OCH3 is 1. The zero-order chi connectivity index (χ0) is 19.3. The minimum absolute atomic E-state index is 0.326. The number of aromatic nitrogens is 1. The molecular weight excluding hydrogens is 352 g/mol. The normalized spacial score (nSPS) is 16.9. The molecule has 0 amide bonds. The summed E-state index contributed by atoms with van der Waals surface area (Å²) in [6.07, 6.45) is 3.86. The fourth-order valence-corrected chi connectivity index (χ4v) is 4.07. The first-order valence-electron chi connectivity index (χ1n) is 9.96. The number of likely N-dealkylation sites (tertiary alicyclic amines) is 1. The van der Waals surface area contributed by atoms with Gasteiger partial charge in [0.05, 0.1) is 7.11 Å². The third kappa shape index (κ3) is 4.32. The van der Waals surface area contributed by atoms with E-state index >= 15 is 0 Å². The molecule has 1 saturated heterocycles. The number of ether oxygens (including phenoxy) is 2. The van der Waals surface area contributed by atoms with Crippen LogP contribution in [0, 0.1) is 0 Å². The van der Waals surface area contributed by atoms with Crippen LogP contribution in [0.2, 0.25) is 0 Å². The molecule has 1 fully saturated rings. The predicted octanol–water partition coefficient (Wildman–Crippen LogP) is 3.80. The summed E-state index contributed by atoms with van der Waals surface area (Å²) in [7, 11) is 1.71. The van der Waals surface area contributed by atoms with Crippen molar-refractivity contribution >= 4 is 10.9 Å². The summed E-state index contributed by atoms with van der Waals surface area (Å²) in [4.78, 5) is 5.73. The van der Waals surface area contributed by atoms with Crippen LogP contribution in [-0.2, 0) is 0 Å². The third-order valence-electron chi connectivity index (χ3n) is 5.60. The van der Waals surface area contributed by atoms with Gasteiger partial charge in [-0.3, -0.25) is 0 Å². The first-order valence-corrected chi connectivity index (χ1v) is 9.96. The zero-order valence-corrected chi connectivity index (χ0v) is 16.3. The predicted molar refractivity (Wildman–Crippen MR) is 111 cm³/mol. The molecule has 2 heterocycles. The van der Waals surface area contributed by atoms with E-state index in [-0.39, 0.29) is 0 Å². The monoisotopic (exact) mass is 380 g/mol.